The number of fused-ring (bicyclic) bond motifs is 5. The Morgan fingerprint density at radius 3 is 1.52 bits per heavy atom. The van der Waals surface area contributed by atoms with E-state index in [4.69, 9.17) is 0 Å². The van der Waals surface area contributed by atoms with E-state index in [1.54, 1.807) is 0 Å². The van der Waals surface area contributed by atoms with Gasteiger partial charge < -0.3 is 4.90 Å². The third-order valence-corrected chi connectivity index (χ3v) is 19.3. The Morgan fingerprint density at radius 2 is 0.967 bits per heavy atom. The molecule has 2 saturated carbocycles. The SMILES string of the molecule is CC1(C)c2ccc(-c3ccccc3)cc2-c2ccc(N(c3ccc(C4CC5CCC4C5)cc3)c3ccc([Si](c4ccccc4)(c4ccccc4)c4ccccc4)cc3)cc21. The van der Waals surface area contributed by atoms with E-state index < -0.39 is 8.07 Å². The minimum atomic E-state index is -2.66. The maximum absolute atomic E-state index is 2.66. The lowest BCUT2D eigenvalue weighted by Gasteiger charge is -2.35. The van der Waals surface area contributed by atoms with Crippen molar-refractivity contribution in [3.8, 4) is 22.3 Å². The number of rotatable bonds is 9. The quantitative estimate of drug-likeness (QED) is 0.104. The summed E-state index contributed by atoms with van der Waals surface area (Å²) in [6.07, 6.45) is 5.61. The van der Waals surface area contributed by atoms with Gasteiger partial charge in [0.2, 0.25) is 0 Å². The lowest BCUT2D eigenvalue weighted by atomic mass is 9.82. The van der Waals surface area contributed by atoms with Crippen LogP contribution in [0.1, 0.15) is 62.1 Å². The number of hydrogen-bond acceptors (Lipinski definition) is 1. The molecule has 2 bridgehead atoms. The van der Waals surface area contributed by atoms with Crippen molar-refractivity contribution in [1.29, 1.82) is 0 Å². The van der Waals surface area contributed by atoms with Gasteiger partial charge in [-0.15, -0.1) is 0 Å². The van der Waals surface area contributed by atoms with Crippen molar-refractivity contribution in [1.82, 2.24) is 0 Å². The van der Waals surface area contributed by atoms with Crippen molar-refractivity contribution < 1.29 is 0 Å². The largest absolute Gasteiger partial charge is 0.310 e. The van der Waals surface area contributed by atoms with Gasteiger partial charge in [0, 0.05) is 22.5 Å². The highest BCUT2D eigenvalue weighted by Gasteiger charge is 2.42. The molecule has 0 heterocycles. The van der Waals surface area contributed by atoms with Crippen molar-refractivity contribution in [3.63, 3.8) is 0 Å². The number of benzene rings is 8. The summed E-state index contributed by atoms with van der Waals surface area (Å²) in [5.74, 6) is 2.49. The lowest BCUT2D eigenvalue weighted by molar-refractivity contribution is 0.420. The fourth-order valence-corrected chi connectivity index (χ4v) is 16.3. The first-order valence-corrected chi connectivity index (χ1v) is 24.0. The van der Waals surface area contributed by atoms with Gasteiger partial charge in [0.1, 0.15) is 0 Å². The molecule has 0 amide bonds. The highest BCUT2D eigenvalue weighted by atomic mass is 28.3. The zero-order valence-electron chi connectivity index (χ0n) is 34.6. The molecule has 60 heavy (non-hydrogen) atoms. The summed E-state index contributed by atoms with van der Waals surface area (Å²) in [7, 11) is -2.66. The van der Waals surface area contributed by atoms with E-state index in [2.05, 4.69) is 225 Å². The average molecular weight is 790 g/mol. The van der Waals surface area contributed by atoms with Crippen molar-refractivity contribution in [2.75, 3.05) is 4.90 Å². The van der Waals surface area contributed by atoms with Crippen LogP contribution in [-0.4, -0.2) is 8.07 Å². The van der Waals surface area contributed by atoms with Crippen molar-refractivity contribution in [2.45, 2.75) is 50.9 Å². The zero-order valence-corrected chi connectivity index (χ0v) is 35.6. The first kappa shape index (κ1) is 36.8. The molecule has 0 radical (unpaired) electrons. The molecule has 2 heteroatoms. The fourth-order valence-electron chi connectivity index (χ4n) is 11.6. The molecule has 11 rings (SSSR count). The van der Waals surface area contributed by atoms with Gasteiger partial charge in [-0.2, -0.15) is 0 Å². The Bertz CT molecular complexity index is 2680. The molecule has 3 aliphatic rings. The summed E-state index contributed by atoms with van der Waals surface area (Å²) >= 11 is 0. The first-order valence-electron chi connectivity index (χ1n) is 22.0. The minimum absolute atomic E-state index is 0.136. The number of nitrogens with zero attached hydrogens (tertiary/aromatic N) is 1. The van der Waals surface area contributed by atoms with Crippen LogP contribution >= 0.6 is 0 Å². The van der Waals surface area contributed by atoms with Crippen LogP contribution in [0, 0.1) is 11.8 Å². The van der Waals surface area contributed by atoms with Gasteiger partial charge in [-0.05, 0) is 139 Å². The molecule has 0 aliphatic heterocycles. The maximum atomic E-state index is 2.50. The summed E-state index contributed by atoms with van der Waals surface area (Å²) in [5, 5.41) is 5.54. The summed E-state index contributed by atoms with van der Waals surface area (Å²) in [5.41, 5.74) is 12.9. The lowest BCUT2D eigenvalue weighted by Crippen LogP contribution is -2.74. The van der Waals surface area contributed by atoms with Crippen LogP contribution < -0.4 is 25.6 Å². The van der Waals surface area contributed by atoms with Gasteiger partial charge in [-0.1, -0.05) is 184 Å². The molecule has 3 aliphatic carbocycles. The van der Waals surface area contributed by atoms with Crippen molar-refractivity contribution in [3.05, 3.63) is 223 Å². The molecule has 0 aromatic heterocycles. The van der Waals surface area contributed by atoms with Crippen LogP contribution in [0.2, 0.25) is 0 Å². The molecule has 1 nitrogen and oxygen atoms in total. The van der Waals surface area contributed by atoms with Crippen LogP contribution in [0.25, 0.3) is 22.3 Å². The monoisotopic (exact) mass is 789 g/mol. The fraction of sp³-hybridized carbons (Fsp3) is 0.172. The average Bonchev–Trinajstić information content (AvgIpc) is 4.01. The molecular weight excluding hydrogens is 739 g/mol. The van der Waals surface area contributed by atoms with E-state index in [0.29, 0.717) is 5.92 Å². The second-order valence-corrected chi connectivity index (χ2v) is 21.9. The summed E-state index contributed by atoms with van der Waals surface area (Å²) in [4.78, 5) is 2.50. The normalized spacial score (nSPS) is 18.5. The van der Waals surface area contributed by atoms with Gasteiger partial charge in [0.05, 0.1) is 0 Å². The van der Waals surface area contributed by atoms with Gasteiger partial charge in [-0.3, -0.25) is 0 Å². The van der Waals surface area contributed by atoms with Gasteiger partial charge in [0.15, 0.2) is 8.07 Å². The molecule has 0 spiro atoms. The highest BCUT2D eigenvalue weighted by molar-refractivity contribution is 7.19. The van der Waals surface area contributed by atoms with E-state index in [1.165, 1.54) is 102 Å². The highest BCUT2D eigenvalue weighted by Crippen LogP contribution is 2.54. The second-order valence-electron chi connectivity index (χ2n) is 18.1. The Labute approximate surface area is 357 Å². The topological polar surface area (TPSA) is 3.24 Å². The molecule has 2 fully saturated rings. The molecule has 3 unspecified atom stereocenters. The summed E-state index contributed by atoms with van der Waals surface area (Å²) in [6, 6.07) is 78.1. The summed E-state index contributed by atoms with van der Waals surface area (Å²) in [6.45, 7) is 4.79. The maximum Gasteiger partial charge on any atom is 0.179 e. The van der Waals surface area contributed by atoms with Crippen LogP contribution in [-0.2, 0) is 5.41 Å². The van der Waals surface area contributed by atoms with Crippen LogP contribution in [0.15, 0.2) is 206 Å². The predicted octanol–water partition coefficient (Wildman–Crippen LogP) is 12.4. The van der Waals surface area contributed by atoms with Crippen LogP contribution in [0.3, 0.4) is 0 Å². The van der Waals surface area contributed by atoms with Gasteiger partial charge >= 0.3 is 0 Å². The standard InChI is InChI=1S/C58H51NSi/c1-58(2)56-36-27-44(42-15-7-3-8-16-42)39-55(56)53-35-32-48(40-57(53)58)59(46-28-25-43(26-29-46)54-38-41-23-24-45(54)37-41)47-30-33-52(34-31-47)60(49-17-9-4-10-18-49,50-19-11-5-12-20-50)51-21-13-6-14-22-51/h3-22,25-36,39-41,45,54H,23-24,37-38H2,1-2H3. The van der Waals surface area contributed by atoms with Crippen molar-refractivity contribution >= 4 is 45.9 Å². The molecule has 8 aromatic rings. The van der Waals surface area contributed by atoms with E-state index in [0.717, 1.165) is 11.8 Å². The Balaban J connectivity index is 1.05. The van der Waals surface area contributed by atoms with E-state index in [-0.39, 0.29) is 5.41 Å². The molecule has 0 N–H and O–H groups in total. The Morgan fingerprint density at radius 1 is 0.433 bits per heavy atom. The smallest absolute Gasteiger partial charge is 0.179 e. The third kappa shape index (κ3) is 6.03. The molecule has 8 aromatic carbocycles. The minimum Gasteiger partial charge on any atom is -0.310 e. The Hall–Kier alpha value is -6.22. The van der Waals surface area contributed by atoms with E-state index >= 15 is 0 Å². The van der Waals surface area contributed by atoms with E-state index in [9.17, 15) is 0 Å². The summed E-state index contributed by atoms with van der Waals surface area (Å²) < 4.78 is 0. The van der Waals surface area contributed by atoms with Gasteiger partial charge in [0.25, 0.3) is 0 Å². The van der Waals surface area contributed by atoms with Crippen molar-refractivity contribution in [2.24, 2.45) is 11.8 Å². The van der Waals surface area contributed by atoms with Gasteiger partial charge in [-0.25, -0.2) is 0 Å². The predicted molar refractivity (Wildman–Crippen MR) is 256 cm³/mol. The van der Waals surface area contributed by atoms with Crippen LogP contribution in [0.4, 0.5) is 17.1 Å². The molecular formula is C58H51NSi. The molecule has 0 saturated heterocycles. The van der Waals surface area contributed by atoms with Crippen LogP contribution in [0.5, 0.6) is 0 Å². The second kappa shape index (κ2) is 14.8. The Kier molecular flexibility index (Phi) is 9.08. The zero-order chi connectivity index (χ0) is 40.3. The molecule has 292 valence electrons. The third-order valence-electron chi connectivity index (χ3n) is 14.5. The number of anilines is 3. The first-order chi connectivity index (χ1) is 29.5. The number of hydrogen-bond donors (Lipinski definition) is 0. The van der Waals surface area contributed by atoms with E-state index in [1.807, 2.05) is 0 Å². The molecule has 3 atom stereocenters.